The van der Waals surface area contributed by atoms with Crippen molar-refractivity contribution in [2.24, 2.45) is 0 Å². The van der Waals surface area contributed by atoms with Gasteiger partial charge in [-0.1, -0.05) is 23.7 Å². The first-order valence-corrected chi connectivity index (χ1v) is 12.1. The molecular formula is C23H36ClN3O7. The molecule has 10 unspecified atom stereocenters. The van der Waals surface area contributed by atoms with E-state index in [2.05, 4.69) is 16.0 Å². The van der Waals surface area contributed by atoms with Gasteiger partial charge in [-0.15, -0.1) is 0 Å². The van der Waals surface area contributed by atoms with E-state index in [1.165, 1.54) is 0 Å². The molecule has 1 aromatic carbocycles. The second kappa shape index (κ2) is 10.2. The van der Waals surface area contributed by atoms with Crippen LogP contribution < -0.4 is 16.0 Å². The molecule has 1 aromatic rings. The second-order valence-electron chi connectivity index (χ2n) is 9.56. The minimum Gasteiger partial charge on any atom is -0.390 e. The Morgan fingerprint density at radius 1 is 1.00 bits per heavy atom. The van der Waals surface area contributed by atoms with E-state index >= 15 is 0 Å². The van der Waals surface area contributed by atoms with Crippen molar-refractivity contribution in [2.75, 3.05) is 27.2 Å². The molecule has 34 heavy (non-hydrogen) atoms. The lowest BCUT2D eigenvalue weighted by Crippen LogP contribution is -2.81. The Morgan fingerprint density at radius 2 is 1.68 bits per heavy atom. The predicted molar refractivity (Wildman–Crippen MR) is 124 cm³/mol. The van der Waals surface area contributed by atoms with Gasteiger partial charge < -0.3 is 50.6 Å². The molecule has 0 aromatic heterocycles. The van der Waals surface area contributed by atoms with Crippen molar-refractivity contribution in [3.05, 3.63) is 34.9 Å². The highest BCUT2D eigenvalue weighted by molar-refractivity contribution is 6.30. The minimum atomic E-state index is -2.21. The molecular weight excluding hydrogens is 466 g/mol. The van der Waals surface area contributed by atoms with Gasteiger partial charge in [-0.05, 0) is 51.7 Å². The van der Waals surface area contributed by atoms with Crippen LogP contribution in [0.3, 0.4) is 0 Å². The third-order valence-corrected chi connectivity index (χ3v) is 7.52. The van der Waals surface area contributed by atoms with E-state index in [9.17, 15) is 20.4 Å². The molecule has 10 nitrogen and oxygen atoms in total. The largest absolute Gasteiger partial charge is 0.390 e. The quantitative estimate of drug-likeness (QED) is 0.226. The van der Waals surface area contributed by atoms with Crippen LogP contribution in [0.4, 0.5) is 0 Å². The highest BCUT2D eigenvalue weighted by Crippen LogP contribution is 2.46. The number of hydrogen-bond acceptors (Lipinski definition) is 10. The third kappa shape index (κ3) is 4.62. The zero-order chi connectivity index (χ0) is 24.7. The summed E-state index contributed by atoms with van der Waals surface area (Å²) in [5, 5.41) is 54.7. The molecule has 1 saturated carbocycles. The Hall–Kier alpha value is -0.890. The van der Waals surface area contributed by atoms with E-state index in [4.69, 9.17) is 25.8 Å². The fourth-order valence-electron chi connectivity index (χ4n) is 5.41. The summed E-state index contributed by atoms with van der Waals surface area (Å²) in [4.78, 5) is 0. The number of aliphatic hydroxyl groups excluding tert-OH is 2. The molecule has 192 valence electrons. The molecule has 7 N–H and O–H groups in total. The Labute approximate surface area is 204 Å². The molecule has 10 atom stereocenters. The minimum absolute atomic E-state index is 0.0243. The fourth-order valence-corrected chi connectivity index (χ4v) is 5.53. The third-order valence-electron chi connectivity index (χ3n) is 7.27. The number of hydrogen-bond donors (Lipinski definition) is 7. The van der Waals surface area contributed by atoms with E-state index < -0.39 is 60.3 Å². The van der Waals surface area contributed by atoms with Crippen LogP contribution in [0.5, 0.6) is 0 Å². The van der Waals surface area contributed by atoms with Gasteiger partial charge in [-0.3, -0.25) is 0 Å². The Kier molecular flexibility index (Phi) is 7.88. The van der Waals surface area contributed by atoms with Gasteiger partial charge in [0.15, 0.2) is 0 Å². The summed E-state index contributed by atoms with van der Waals surface area (Å²) in [5.41, 5.74) is -0.656. The van der Waals surface area contributed by atoms with Crippen LogP contribution in [-0.4, -0.2) is 108 Å². The number of ether oxygens (including phenoxy) is 3. The van der Waals surface area contributed by atoms with Crippen molar-refractivity contribution in [1.82, 2.24) is 16.0 Å². The molecule has 0 spiro atoms. The summed E-state index contributed by atoms with van der Waals surface area (Å²) in [6, 6.07) is 6.18. The van der Waals surface area contributed by atoms with Crippen molar-refractivity contribution < 1.29 is 34.6 Å². The van der Waals surface area contributed by atoms with Gasteiger partial charge in [0, 0.05) is 18.0 Å². The molecule has 3 fully saturated rings. The van der Waals surface area contributed by atoms with Gasteiger partial charge >= 0.3 is 0 Å². The van der Waals surface area contributed by atoms with Crippen molar-refractivity contribution in [2.45, 2.75) is 80.0 Å². The average Bonchev–Trinajstić information content (AvgIpc) is 2.79. The molecule has 1 aliphatic carbocycles. The van der Waals surface area contributed by atoms with Gasteiger partial charge in [0.1, 0.15) is 23.9 Å². The molecule has 0 bridgehead atoms. The fraction of sp³-hybridized carbons (Fsp3) is 0.739. The topological polar surface area (TPSA) is 145 Å². The van der Waals surface area contributed by atoms with E-state index in [0.717, 1.165) is 5.56 Å². The van der Waals surface area contributed by atoms with Crippen LogP contribution in [0, 0.1) is 0 Å². The lowest BCUT2D eigenvalue weighted by atomic mass is 9.77. The number of benzene rings is 1. The summed E-state index contributed by atoms with van der Waals surface area (Å²) in [6.45, 7) is 2.35. The summed E-state index contributed by atoms with van der Waals surface area (Å²) in [7, 11) is 3.29. The highest BCUT2D eigenvalue weighted by Gasteiger charge is 2.68. The van der Waals surface area contributed by atoms with Crippen molar-refractivity contribution in [1.29, 1.82) is 0 Å². The molecule has 11 heteroatoms. The monoisotopic (exact) mass is 501 g/mol. The summed E-state index contributed by atoms with van der Waals surface area (Å²) >= 11 is 5.94. The van der Waals surface area contributed by atoms with Gasteiger partial charge in [0.2, 0.25) is 12.1 Å². The SMILES string of the molecule is CNC1C(O)C(NC)C2OC3(O)C(OC(C)CC3(O)CNCCc3ccc(Cl)cc3)OC2C1O. The number of halogens is 1. The van der Waals surface area contributed by atoms with Crippen molar-refractivity contribution >= 4 is 11.6 Å². The number of likely N-dealkylation sites (N-methyl/N-ethyl adjacent to an activating group) is 2. The Bertz CT molecular complexity index is 835. The first-order chi connectivity index (χ1) is 16.1. The normalized spacial score (nSPS) is 44.4. The zero-order valence-corrected chi connectivity index (χ0v) is 20.4. The van der Waals surface area contributed by atoms with Gasteiger partial charge in [0.25, 0.3) is 0 Å². The van der Waals surface area contributed by atoms with Crippen LogP contribution >= 0.6 is 11.6 Å². The van der Waals surface area contributed by atoms with Crippen LogP contribution in [0.2, 0.25) is 5.02 Å². The van der Waals surface area contributed by atoms with E-state index in [0.29, 0.717) is 18.0 Å². The lowest BCUT2D eigenvalue weighted by Gasteiger charge is -2.60. The van der Waals surface area contributed by atoms with E-state index in [-0.39, 0.29) is 13.0 Å². The van der Waals surface area contributed by atoms with E-state index in [1.54, 1.807) is 21.0 Å². The maximum atomic E-state index is 11.6. The summed E-state index contributed by atoms with van der Waals surface area (Å²) in [6.07, 6.45) is -4.91. The van der Waals surface area contributed by atoms with Crippen molar-refractivity contribution in [3.8, 4) is 0 Å². The number of rotatable bonds is 7. The number of aliphatic hydroxyl groups is 4. The zero-order valence-electron chi connectivity index (χ0n) is 19.6. The van der Waals surface area contributed by atoms with Crippen molar-refractivity contribution in [3.63, 3.8) is 0 Å². The standard InChI is InChI=1S/C23H36ClN3O7/c1-12-10-22(30,11-27-9-8-13-4-6-14(24)7-5-13)23(31)21(32-12)33-20-18(29)15(25-2)17(28)16(26-3)19(20)34-23/h4-7,12,15-21,25-31H,8-11H2,1-3H3. The average molecular weight is 502 g/mol. The maximum absolute atomic E-state index is 11.6. The maximum Gasteiger partial charge on any atom is 0.249 e. The first kappa shape index (κ1) is 26.2. The van der Waals surface area contributed by atoms with Crippen LogP contribution in [-0.2, 0) is 20.6 Å². The van der Waals surface area contributed by atoms with Gasteiger partial charge in [-0.2, -0.15) is 0 Å². The summed E-state index contributed by atoms with van der Waals surface area (Å²) < 4.78 is 18.0. The predicted octanol–water partition coefficient (Wildman–Crippen LogP) is -1.28. The molecule has 2 saturated heterocycles. The molecule has 0 radical (unpaired) electrons. The molecule has 0 amide bonds. The second-order valence-corrected chi connectivity index (χ2v) is 9.99. The first-order valence-electron chi connectivity index (χ1n) is 11.7. The van der Waals surface area contributed by atoms with Crippen LogP contribution in [0.15, 0.2) is 24.3 Å². The molecule has 2 heterocycles. The van der Waals surface area contributed by atoms with Crippen LogP contribution in [0.1, 0.15) is 18.9 Å². The summed E-state index contributed by atoms with van der Waals surface area (Å²) in [5.74, 6) is -2.21. The Morgan fingerprint density at radius 3 is 2.32 bits per heavy atom. The number of fused-ring (bicyclic) bond motifs is 2. The van der Waals surface area contributed by atoms with E-state index in [1.807, 2.05) is 24.3 Å². The van der Waals surface area contributed by atoms with Gasteiger partial charge in [0.05, 0.1) is 24.3 Å². The van der Waals surface area contributed by atoms with Gasteiger partial charge in [-0.25, -0.2) is 0 Å². The molecule has 4 rings (SSSR count). The lowest BCUT2D eigenvalue weighted by molar-refractivity contribution is -0.482. The molecule has 2 aliphatic heterocycles. The highest BCUT2D eigenvalue weighted by atomic mass is 35.5. The van der Waals surface area contributed by atoms with Crippen LogP contribution in [0.25, 0.3) is 0 Å². The Balaban J connectivity index is 1.50. The smallest absolute Gasteiger partial charge is 0.249 e. The molecule has 3 aliphatic rings. The number of nitrogens with one attached hydrogen (secondary N) is 3.